The number of ether oxygens (including phenoxy) is 6. The van der Waals surface area contributed by atoms with E-state index in [9.17, 15) is 28.8 Å². The van der Waals surface area contributed by atoms with E-state index in [0.717, 1.165) is 21.5 Å². The van der Waals surface area contributed by atoms with Gasteiger partial charge in [0.2, 0.25) is 0 Å². The first-order valence-electron chi connectivity index (χ1n) is 17.6. The summed E-state index contributed by atoms with van der Waals surface area (Å²) in [7, 11) is 0. The van der Waals surface area contributed by atoms with Crippen LogP contribution in [0.3, 0.4) is 0 Å². The van der Waals surface area contributed by atoms with Gasteiger partial charge in [0, 0.05) is 16.7 Å². The number of hydrogen-bond acceptors (Lipinski definition) is 12. The Balaban J connectivity index is 1.36. The van der Waals surface area contributed by atoms with E-state index in [0.29, 0.717) is 0 Å². The van der Waals surface area contributed by atoms with Crippen LogP contribution < -0.4 is 0 Å². The molecule has 4 aromatic rings. The minimum Gasteiger partial charge on any atom is -0.461 e. The van der Waals surface area contributed by atoms with Crippen LogP contribution in [-0.4, -0.2) is 74.5 Å². The Labute approximate surface area is 324 Å². The summed E-state index contributed by atoms with van der Waals surface area (Å²) in [6.45, 7) is 14.9. The van der Waals surface area contributed by atoms with Crippen molar-refractivity contribution in [3.8, 4) is 0 Å². The van der Waals surface area contributed by atoms with Crippen molar-refractivity contribution < 1.29 is 57.2 Å². The van der Waals surface area contributed by atoms with Gasteiger partial charge in [-0.2, -0.15) is 0 Å². The van der Waals surface area contributed by atoms with E-state index in [1.54, 1.807) is 36.4 Å². The molecule has 0 fully saturated rings. The first-order chi connectivity index (χ1) is 26.5. The van der Waals surface area contributed by atoms with Gasteiger partial charge < -0.3 is 28.4 Å². The summed E-state index contributed by atoms with van der Waals surface area (Å²) in [5.41, 5.74) is -0.741. The van der Waals surface area contributed by atoms with Gasteiger partial charge in [-0.1, -0.05) is 80.4 Å². The Bertz CT molecular complexity index is 2180. The van der Waals surface area contributed by atoms with Crippen molar-refractivity contribution in [1.29, 1.82) is 0 Å². The lowest BCUT2D eigenvalue weighted by atomic mass is 9.86. The fourth-order valence-corrected chi connectivity index (χ4v) is 5.20. The van der Waals surface area contributed by atoms with Crippen molar-refractivity contribution in [2.45, 2.75) is 46.3 Å². The third-order valence-corrected chi connectivity index (χ3v) is 8.31. The largest absolute Gasteiger partial charge is 0.461 e. The Morgan fingerprint density at radius 2 is 0.911 bits per heavy atom. The number of fused-ring (bicyclic) bond motifs is 2. The van der Waals surface area contributed by atoms with Gasteiger partial charge in [0.05, 0.1) is 16.5 Å². The van der Waals surface area contributed by atoms with Crippen LogP contribution >= 0.6 is 0 Å². The monoisotopic (exact) mass is 764 g/mol. The molecular formula is C44H44O12. The summed E-state index contributed by atoms with van der Waals surface area (Å²) >= 11 is 0. The van der Waals surface area contributed by atoms with Crippen LogP contribution in [0.4, 0.5) is 0 Å². The Morgan fingerprint density at radius 1 is 0.536 bits per heavy atom. The lowest BCUT2D eigenvalue weighted by molar-refractivity contribution is -0.159. The Hall–Kier alpha value is -6.56. The maximum absolute atomic E-state index is 13.3. The van der Waals surface area contributed by atoms with E-state index < -0.39 is 79.9 Å². The lowest BCUT2D eigenvalue weighted by Crippen LogP contribution is -2.35. The number of hydrogen-bond donors (Lipinski definition) is 0. The van der Waals surface area contributed by atoms with Gasteiger partial charge in [0.15, 0.2) is 12.2 Å². The van der Waals surface area contributed by atoms with Crippen LogP contribution in [0.2, 0.25) is 0 Å². The summed E-state index contributed by atoms with van der Waals surface area (Å²) in [5, 5.41) is 3.45. The molecule has 0 heterocycles. The van der Waals surface area contributed by atoms with E-state index in [4.69, 9.17) is 28.4 Å². The quantitative estimate of drug-likeness (QED) is 0.0579. The van der Waals surface area contributed by atoms with Gasteiger partial charge >= 0.3 is 35.8 Å². The number of rotatable bonds is 18. The molecule has 0 aliphatic carbocycles. The summed E-state index contributed by atoms with van der Waals surface area (Å²) in [6, 6.07) is 24.9. The molecule has 2 atom stereocenters. The highest BCUT2D eigenvalue weighted by Gasteiger charge is 2.34. The second-order valence-electron chi connectivity index (χ2n) is 13.8. The molecule has 0 aromatic heterocycles. The van der Waals surface area contributed by atoms with Crippen LogP contribution in [0, 0.1) is 5.41 Å². The van der Waals surface area contributed by atoms with Crippen molar-refractivity contribution in [2.75, 3.05) is 26.4 Å². The van der Waals surface area contributed by atoms with Gasteiger partial charge in [0.25, 0.3) is 0 Å². The van der Waals surface area contributed by atoms with Crippen LogP contribution in [-0.2, 0) is 47.6 Å². The smallest absolute Gasteiger partial charge is 0.338 e. The highest BCUT2D eigenvalue weighted by Crippen LogP contribution is 2.27. The minimum absolute atomic E-state index is 0.111. The van der Waals surface area contributed by atoms with Gasteiger partial charge in [-0.25, -0.2) is 24.0 Å². The van der Waals surface area contributed by atoms with Crippen molar-refractivity contribution >= 4 is 57.4 Å². The van der Waals surface area contributed by atoms with Gasteiger partial charge in [0.1, 0.15) is 26.4 Å². The molecule has 0 saturated heterocycles. The summed E-state index contributed by atoms with van der Waals surface area (Å²) in [4.78, 5) is 76.7. The zero-order valence-electron chi connectivity index (χ0n) is 31.8. The third kappa shape index (κ3) is 12.0. The van der Waals surface area contributed by atoms with Gasteiger partial charge in [-0.3, -0.25) is 4.79 Å². The van der Waals surface area contributed by atoms with Crippen LogP contribution in [0.5, 0.6) is 0 Å². The molecule has 0 bridgehead atoms. The number of carbonyl (C=O) groups is 6. The van der Waals surface area contributed by atoms with Gasteiger partial charge in [-0.15, -0.1) is 0 Å². The van der Waals surface area contributed by atoms with E-state index in [1.165, 1.54) is 27.7 Å². The predicted octanol–water partition coefficient (Wildman–Crippen LogP) is 7.04. The lowest BCUT2D eigenvalue weighted by Gasteiger charge is -2.25. The molecule has 0 aliphatic heterocycles. The average Bonchev–Trinajstić information content (AvgIpc) is 3.18. The summed E-state index contributed by atoms with van der Waals surface area (Å²) in [6.07, 6.45) is -2.60. The molecule has 0 spiro atoms. The summed E-state index contributed by atoms with van der Waals surface area (Å²) in [5.74, 6) is -4.60. The van der Waals surface area contributed by atoms with Crippen LogP contribution in [0.1, 0.15) is 54.8 Å². The molecule has 0 radical (unpaired) electrons. The average molecular weight is 765 g/mol. The van der Waals surface area contributed by atoms with Crippen molar-refractivity contribution in [3.63, 3.8) is 0 Å². The van der Waals surface area contributed by atoms with Gasteiger partial charge in [-0.05, 0) is 79.9 Å². The normalized spacial score (nSPS) is 12.1. The van der Waals surface area contributed by atoms with E-state index in [2.05, 4.69) is 19.7 Å². The molecule has 0 aliphatic rings. The molecular weight excluding hydrogens is 720 g/mol. The highest BCUT2D eigenvalue weighted by molar-refractivity contribution is 5.96. The van der Waals surface area contributed by atoms with Crippen molar-refractivity contribution in [2.24, 2.45) is 5.41 Å². The molecule has 0 amide bonds. The second kappa shape index (κ2) is 19.2. The topological polar surface area (TPSA) is 158 Å². The number of esters is 6. The van der Waals surface area contributed by atoms with E-state index >= 15 is 0 Å². The standard InChI is InChI=1S/C44H44O12/c1-27(2)38(45)51-23-36(55-41(48)34-18-16-30-12-8-10-14-32(30)20-34)25-53-40(47)29(5)22-44(6,7)43(50)54-26-37(24-52-39(46)28(3)4)56-42(49)35-19-17-31-13-9-11-15-33(31)21-35/h8-21,36-37H,1,3,5,22-26H2,2,4,6-7H3. The second-order valence-corrected chi connectivity index (χ2v) is 13.8. The molecule has 12 heteroatoms. The molecule has 4 rings (SSSR count). The highest BCUT2D eigenvalue weighted by atomic mass is 16.6. The third-order valence-electron chi connectivity index (χ3n) is 8.31. The van der Waals surface area contributed by atoms with Crippen LogP contribution in [0.25, 0.3) is 21.5 Å². The maximum Gasteiger partial charge on any atom is 0.338 e. The molecule has 4 aromatic carbocycles. The molecule has 56 heavy (non-hydrogen) atoms. The Morgan fingerprint density at radius 3 is 1.32 bits per heavy atom. The van der Waals surface area contributed by atoms with E-state index in [-0.39, 0.29) is 34.3 Å². The zero-order chi connectivity index (χ0) is 41.0. The number of carbonyl (C=O) groups excluding carboxylic acids is 6. The van der Waals surface area contributed by atoms with Crippen molar-refractivity contribution in [3.05, 3.63) is 133 Å². The molecule has 12 nitrogen and oxygen atoms in total. The predicted molar refractivity (Wildman–Crippen MR) is 207 cm³/mol. The Kier molecular flexibility index (Phi) is 14.4. The first-order valence-corrected chi connectivity index (χ1v) is 17.6. The van der Waals surface area contributed by atoms with Crippen molar-refractivity contribution in [1.82, 2.24) is 0 Å². The zero-order valence-corrected chi connectivity index (χ0v) is 31.8. The molecule has 2 unspecified atom stereocenters. The minimum atomic E-state index is -1.34. The molecule has 0 N–H and O–H groups in total. The van der Waals surface area contributed by atoms with E-state index in [1.807, 2.05) is 48.5 Å². The number of benzene rings is 4. The fraction of sp³-hybridized carbons (Fsp3) is 0.273. The molecule has 0 saturated carbocycles. The maximum atomic E-state index is 13.3. The molecule has 292 valence electrons. The van der Waals surface area contributed by atoms with Crippen LogP contribution in [0.15, 0.2) is 121 Å². The first kappa shape index (κ1) is 42.2. The fourth-order valence-electron chi connectivity index (χ4n) is 5.20. The SMILES string of the molecule is C=C(C)C(=O)OCC(COC(=O)C(=C)CC(C)(C)C(=O)OCC(COC(=O)C(=C)C)OC(=O)c1ccc2ccccc2c1)OC(=O)c1ccc2ccccc2c1. The summed E-state index contributed by atoms with van der Waals surface area (Å²) < 4.78 is 32.4.